The fourth-order valence-corrected chi connectivity index (χ4v) is 1.01. The maximum Gasteiger partial charge on any atom is 0.276 e. The molecule has 78 valence electrons. The summed E-state index contributed by atoms with van der Waals surface area (Å²) in [6.07, 6.45) is 2.46. The highest BCUT2D eigenvalue weighted by Crippen LogP contribution is 2.18. The summed E-state index contributed by atoms with van der Waals surface area (Å²) in [6.45, 7) is 0. The lowest BCUT2D eigenvalue weighted by molar-refractivity contribution is -0.385. The molecule has 0 radical (unpaired) electrons. The number of para-hydroxylation sites is 1. The number of nitrogens with one attached hydrogen (secondary N) is 1. The average molecular weight is 207 g/mol. The summed E-state index contributed by atoms with van der Waals surface area (Å²) in [5, 5.41) is 10.6. The predicted octanol–water partition coefficient (Wildman–Crippen LogP) is 0.598. The highest BCUT2D eigenvalue weighted by atomic mass is 16.6. The van der Waals surface area contributed by atoms with E-state index in [0.29, 0.717) is 5.56 Å². The Bertz CT molecular complexity index is 415. The summed E-state index contributed by atoms with van der Waals surface area (Å²) in [7, 11) is 0. The quantitative estimate of drug-likeness (QED) is 0.249. The Morgan fingerprint density at radius 1 is 1.47 bits per heavy atom. The van der Waals surface area contributed by atoms with Crippen LogP contribution in [0.25, 0.3) is 6.08 Å². The van der Waals surface area contributed by atoms with Gasteiger partial charge in [-0.1, -0.05) is 12.1 Å². The van der Waals surface area contributed by atoms with Crippen LogP contribution in [-0.2, 0) is 4.79 Å². The van der Waals surface area contributed by atoms with Crippen molar-refractivity contribution in [2.24, 2.45) is 5.84 Å². The molecule has 0 bridgehead atoms. The van der Waals surface area contributed by atoms with E-state index in [1.54, 1.807) is 18.2 Å². The highest BCUT2D eigenvalue weighted by molar-refractivity contribution is 5.91. The van der Waals surface area contributed by atoms with Gasteiger partial charge in [0.2, 0.25) is 0 Å². The van der Waals surface area contributed by atoms with E-state index in [4.69, 9.17) is 5.84 Å². The number of hydrogen-bond donors (Lipinski definition) is 2. The van der Waals surface area contributed by atoms with E-state index in [1.165, 1.54) is 12.1 Å². The molecule has 6 heteroatoms. The molecular weight excluding hydrogens is 198 g/mol. The minimum atomic E-state index is -0.520. The molecule has 0 heterocycles. The van der Waals surface area contributed by atoms with Gasteiger partial charge in [0.15, 0.2) is 0 Å². The molecule has 0 aliphatic rings. The van der Waals surface area contributed by atoms with Crippen molar-refractivity contribution in [2.45, 2.75) is 0 Å². The lowest BCUT2D eigenvalue weighted by atomic mass is 10.1. The van der Waals surface area contributed by atoms with Crippen molar-refractivity contribution in [3.05, 3.63) is 46.0 Å². The monoisotopic (exact) mass is 207 g/mol. The number of amides is 1. The lowest BCUT2D eigenvalue weighted by Gasteiger charge is -1.96. The van der Waals surface area contributed by atoms with Crippen molar-refractivity contribution < 1.29 is 9.72 Å². The number of hydrazine groups is 1. The van der Waals surface area contributed by atoms with E-state index in [9.17, 15) is 14.9 Å². The van der Waals surface area contributed by atoms with Crippen molar-refractivity contribution >= 4 is 17.7 Å². The molecule has 15 heavy (non-hydrogen) atoms. The van der Waals surface area contributed by atoms with Crippen LogP contribution in [0.5, 0.6) is 0 Å². The summed E-state index contributed by atoms with van der Waals surface area (Å²) >= 11 is 0. The Labute approximate surface area is 85.5 Å². The first-order chi connectivity index (χ1) is 7.15. The van der Waals surface area contributed by atoms with E-state index < -0.39 is 10.8 Å². The SMILES string of the molecule is NNC(=O)/C=C\c1ccccc1[N+](=O)[O-]. The summed E-state index contributed by atoms with van der Waals surface area (Å²) in [6, 6.07) is 6.10. The molecule has 1 aromatic carbocycles. The van der Waals surface area contributed by atoms with Gasteiger partial charge >= 0.3 is 0 Å². The van der Waals surface area contributed by atoms with E-state index in [2.05, 4.69) is 0 Å². The normalized spacial score (nSPS) is 10.2. The van der Waals surface area contributed by atoms with Crippen LogP contribution in [0.3, 0.4) is 0 Å². The van der Waals surface area contributed by atoms with E-state index >= 15 is 0 Å². The van der Waals surface area contributed by atoms with Crippen LogP contribution < -0.4 is 11.3 Å². The summed E-state index contributed by atoms with van der Waals surface area (Å²) in [4.78, 5) is 20.8. The second kappa shape index (κ2) is 4.87. The first kappa shape index (κ1) is 10.9. The van der Waals surface area contributed by atoms with E-state index in [0.717, 1.165) is 6.08 Å². The number of hydrogen-bond acceptors (Lipinski definition) is 4. The molecule has 0 unspecified atom stereocenters. The molecular formula is C9H9N3O3. The molecule has 0 atom stereocenters. The van der Waals surface area contributed by atoms with Crippen molar-refractivity contribution in [3.8, 4) is 0 Å². The number of nitro benzene ring substituents is 1. The van der Waals surface area contributed by atoms with Crippen LogP contribution in [0.4, 0.5) is 5.69 Å². The van der Waals surface area contributed by atoms with E-state index in [-0.39, 0.29) is 5.69 Å². The van der Waals surface area contributed by atoms with Crippen LogP contribution in [-0.4, -0.2) is 10.8 Å². The summed E-state index contributed by atoms with van der Waals surface area (Å²) in [5.74, 6) is 4.33. The average Bonchev–Trinajstić information content (AvgIpc) is 2.26. The molecule has 0 aliphatic heterocycles. The van der Waals surface area contributed by atoms with Crippen molar-refractivity contribution in [2.75, 3.05) is 0 Å². The van der Waals surface area contributed by atoms with Crippen LogP contribution in [0.2, 0.25) is 0 Å². The third-order valence-corrected chi connectivity index (χ3v) is 1.69. The zero-order valence-electron chi connectivity index (χ0n) is 7.71. The Hall–Kier alpha value is -2.21. The second-order valence-corrected chi connectivity index (χ2v) is 2.66. The van der Waals surface area contributed by atoms with Gasteiger partial charge in [-0.25, -0.2) is 5.84 Å². The third kappa shape index (κ3) is 2.89. The third-order valence-electron chi connectivity index (χ3n) is 1.69. The fourth-order valence-electron chi connectivity index (χ4n) is 1.01. The van der Waals surface area contributed by atoms with Gasteiger partial charge in [-0.2, -0.15) is 0 Å². The first-order valence-corrected chi connectivity index (χ1v) is 4.07. The smallest absolute Gasteiger partial charge is 0.276 e. The molecule has 0 aromatic heterocycles. The molecule has 0 aliphatic carbocycles. The molecule has 1 aromatic rings. The topological polar surface area (TPSA) is 98.3 Å². The Kier molecular flexibility index (Phi) is 3.53. The summed E-state index contributed by atoms with van der Waals surface area (Å²) in [5.41, 5.74) is 2.18. The maximum absolute atomic E-state index is 10.8. The van der Waals surface area contributed by atoms with E-state index in [1.807, 2.05) is 5.43 Å². The fraction of sp³-hybridized carbons (Fsp3) is 0. The largest absolute Gasteiger partial charge is 0.291 e. The Morgan fingerprint density at radius 3 is 2.73 bits per heavy atom. The minimum Gasteiger partial charge on any atom is -0.291 e. The van der Waals surface area contributed by atoms with Gasteiger partial charge in [-0.3, -0.25) is 20.3 Å². The molecule has 0 saturated heterocycles. The minimum absolute atomic E-state index is 0.0569. The number of benzene rings is 1. The van der Waals surface area contributed by atoms with Gasteiger partial charge < -0.3 is 0 Å². The molecule has 3 N–H and O–H groups in total. The molecule has 0 saturated carbocycles. The number of nitrogens with two attached hydrogens (primary N) is 1. The Balaban J connectivity index is 2.99. The zero-order valence-corrected chi connectivity index (χ0v) is 7.71. The first-order valence-electron chi connectivity index (χ1n) is 4.07. The summed E-state index contributed by atoms with van der Waals surface area (Å²) < 4.78 is 0. The Morgan fingerprint density at radius 2 is 2.13 bits per heavy atom. The number of rotatable bonds is 3. The number of carbonyl (C=O) groups excluding carboxylic acids is 1. The zero-order chi connectivity index (χ0) is 11.3. The highest BCUT2D eigenvalue weighted by Gasteiger charge is 2.09. The molecule has 0 spiro atoms. The lowest BCUT2D eigenvalue weighted by Crippen LogP contribution is -2.27. The molecule has 0 fully saturated rings. The standard InChI is InChI=1S/C9H9N3O3/c10-11-9(13)6-5-7-3-1-2-4-8(7)12(14)15/h1-6H,10H2,(H,11,13)/b6-5-. The second-order valence-electron chi connectivity index (χ2n) is 2.66. The van der Waals surface area contributed by atoms with Gasteiger partial charge in [0.25, 0.3) is 11.6 Å². The number of carbonyl (C=O) groups is 1. The molecule has 6 nitrogen and oxygen atoms in total. The van der Waals surface area contributed by atoms with Crippen LogP contribution >= 0.6 is 0 Å². The van der Waals surface area contributed by atoms with Gasteiger partial charge in [-0.05, 0) is 12.1 Å². The van der Waals surface area contributed by atoms with Crippen LogP contribution in [0.1, 0.15) is 5.56 Å². The number of nitro groups is 1. The molecule has 1 amide bonds. The van der Waals surface area contributed by atoms with Crippen molar-refractivity contribution in [1.82, 2.24) is 5.43 Å². The van der Waals surface area contributed by atoms with Crippen molar-refractivity contribution in [1.29, 1.82) is 0 Å². The van der Waals surface area contributed by atoms with Crippen LogP contribution in [0, 0.1) is 10.1 Å². The number of nitrogens with zero attached hydrogens (tertiary/aromatic N) is 1. The van der Waals surface area contributed by atoms with Crippen LogP contribution in [0.15, 0.2) is 30.3 Å². The van der Waals surface area contributed by atoms with Gasteiger partial charge in [-0.15, -0.1) is 0 Å². The van der Waals surface area contributed by atoms with Gasteiger partial charge in [0, 0.05) is 12.1 Å². The van der Waals surface area contributed by atoms with Gasteiger partial charge in [0.1, 0.15) is 0 Å². The molecule has 1 rings (SSSR count). The predicted molar refractivity (Wildman–Crippen MR) is 54.5 cm³/mol. The van der Waals surface area contributed by atoms with Crippen molar-refractivity contribution in [3.63, 3.8) is 0 Å². The van der Waals surface area contributed by atoms with Gasteiger partial charge in [0.05, 0.1) is 10.5 Å². The maximum atomic E-state index is 10.8.